The van der Waals surface area contributed by atoms with Crippen molar-refractivity contribution in [3.8, 4) is 11.1 Å². The molecule has 4 aromatic carbocycles. The molecular formula is C32H34Cl2Zr-2. The minimum absolute atomic E-state index is 0. The van der Waals surface area contributed by atoms with Gasteiger partial charge >= 0.3 is 70.3 Å². The van der Waals surface area contributed by atoms with Crippen molar-refractivity contribution in [2.75, 3.05) is 0 Å². The second-order valence-electron chi connectivity index (χ2n) is 9.16. The molecule has 35 heavy (non-hydrogen) atoms. The molecule has 0 fully saturated rings. The Hall–Kier alpha value is -1.66. The van der Waals surface area contributed by atoms with Gasteiger partial charge in [-0.05, 0) is 29.4 Å². The quantitative estimate of drug-likeness (QED) is 0.288. The minimum Gasteiger partial charge on any atom is -1.00 e. The van der Waals surface area contributed by atoms with Crippen molar-refractivity contribution >= 4 is 3.21 Å². The summed E-state index contributed by atoms with van der Waals surface area (Å²) in [6, 6.07) is 35.5. The Morgan fingerprint density at radius 1 is 0.800 bits per heavy atom. The molecule has 5 rings (SSSR count). The van der Waals surface area contributed by atoms with E-state index in [9.17, 15) is 0 Å². The fourth-order valence-electron chi connectivity index (χ4n) is 3.87. The molecule has 0 heterocycles. The molecule has 4 aromatic rings. The second kappa shape index (κ2) is 15.5. The van der Waals surface area contributed by atoms with E-state index in [1.54, 1.807) is 0 Å². The van der Waals surface area contributed by atoms with Crippen molar-refractivity contribution in [1.82, 2.24) is 0 Å². The van der Waals surface area contributed by atoms with Crippen LogP contribution in [0.5, 0.6) is 0 Å². The van der Waals surface area contributed by atoms with Crippen LogP contribution >= 0.6 is 0 Å². The zero-order valence-electron chi connectivity index (χ0n) is 21.3. The Morgan fingerprint density at radius 3 is 1.91 bits per heavy atom. The van der Waals surface area contributed by atoms with E-state index in [0.717, 1.165) is 6.42 Å². The van der Waals surface area contributed by atoms with Crippen LogP contribution in [0.3, 0.4) is 0 Å². The van der Waals surface area contributed by atoms with Crippen LogP contribution < -0.4 is 24.8 Å². The van der Waals surface area contributed by atoms with Crippen LogP contribution in [0.1, 0.15) is 74.3 Å². The predicted octanol–water partition coefficient (Wildman–Crippen LogP) is 2.49. The predicted molar refractivity (Wildman–Crippen MR) is 140 cm³/mol. The Bertz CT molecular complexity index is 1090. The van der Waals surface area contributed by atoms with Crippen LogP contribution in [0.15, 0.2) is 91.0 Å². The van der Waals surface area contributed by atoms with Gasteiger partial charge in [0.1, 0.15) is 0 Å². The van der Waals surface area contributed by atoms with Crippen molar-refractivity contribution in [2.45, 2.75) is 52.9 Å². The molecule has 0 N–H and O–H groups in total. The third-order valence-corrected chi connectivity index (χ3v) is 6.60. The van der Waals surface area contributed by atoms with Gasteiger partial charge in [-0.1, -0.05) is 51.5 Å². The maximum absolute atomic E-state index is 3.62. The minimum atomic E-state index is 0. The Balaban J connectivity index is 0.000000319. The normalized spacial score (nSPS) is 10.5. The van der Waals surface area contributed by atoms with Crippen molar-refractivity contribution in [3.05, 3.63) is 125 Å². The summed E-state index contributed by atoms with van der Waals surface area (Å²) in [6.07, 6.45) is 1.05. The smallest absolute Gasteiger partial charge is 0.172 e. The van der Waals surface area contributed by atoms with Gasteiger partial charge < -0.3 is 24.8 Å². The molecule has 0 spiro atoms. The molecule has 0 amide bonds. The standard InChI is InChI=1S/C19H21.C8H8.C5H5.2ClH.Zr/c1-12(2)14-5-7-18-16(9-14)11-17-10-15(13(3)4)6-8-19(17)18;1-2-8-6-4-3-5-7-8;1-2-4-5-3-1;;;/h5-9,12-13H,11H2,1-4H3;3-7H,1H3;1-5H;2*1H;/q-1;;-1;;;+2/p-2. The van der Waals surface area contributed by atoms with Crippen molar-refractivity contribution in [2.24, 2.45) is 0 Å². The first-order valence-corrected chi connectivity index (χ1v) is 13.0. The van der Waals surface area contributed by atoms with E-state index in [4.69, 9.17) is 0 Å². The molecule has 1 aliphatic rings. The van der Waals surface area contributed by atoms with Crippen molar-refractivity contribution < 1.29 is 49.0 Å². The van der Waals surface area contributed by atoms with Gasteiger partial charge in [0, 0.05) is 0 Å². The number of benzene rings is 3. The SMILES string of the molecule is CC(C)c1[c-]c2c(cc1)-c1ccc(C(C)C)cc1C2.C[C](=[Zr+2])c1ccccc1.[Cl-].[Cl-].c1cc[cH-]c1. The number of halogens is 2. The molecule has 0 bridgehead atoms. The molecule has 0 aromatic heterocycles. The summed E-state index contributed by atoms with van der Waals surface area (Å²) in [5.41, 5.74) is 9.78. The molecule has 0 unspecified atom stereocenters. The Morgan fingerprint density at radius 2 is 1.43 bits per heavy atom. The maximum Gasteiger partial charge on any atom is -0.172 e. The molecule has 0 atom stereocenters. The van der Waals surface area contributed by atoms with Crippen LogP contribution in [0.25, 0.3) is 11.1 Å². The third-order valence-electron chi connectivity index (χ3n) is 5.89. The van der Waals surface area contributed by atoms with E-state index >= 15 is 0 Å². The fraction of sp³-hybridized carbons (Fsp3) is 0.250. The molecular weight excluding hydrogens is 546 g/mol. The first-order valence-electron chi connectivity index (χ1n) is 11.8. The van der Waals surface area contributed by atoms with Gasteiger partial charge in [-0.25, -0.2) is 12.1 Å². The average molecular weight is 581 g/mol. The van der Waals surface area contributed by atoms with Crippen molar-refractivity contribution in [3.63, 3.8) is 0 Å². The van der Waals surface area contributed by atoms with Crippen LogP contribution in [0.4, 0.5) is 0 Å². The molecule has 0 aliphatic heterocycles. The van der Waals surface area contributed by atoms with E-state index in [0.29, 0.717) is 11.8 Å². The van der Waals surface area contributed by atoms with Crippen molar-refractivity contribution in [1.29, 1.82) is 0 Å². The molecule has 0 nitrogen and oxygen atoms in total. The topological polar surface area (TPSA) is 0 Å². The number of hydrogen-bond acceptors (Lipinski definition) is 0. The summed E-state index contributed by atoms with van der Waals surface area (Å²) < 4.78 is 1.46. The Kier molecular flexibility index (Phi) is 13.9. The van der Waals surface area contributed by atoms with Gasteiger partial charge in [0.05, 0.1) is 0 Å². The molecule has 182 valence electrons. The van der Waals surface area contributed by atoms with Crippen LogP contribution in [-0.4, -0.2) is 3.21 Å². The summed E-state index contributed by atoms with van der Waals surface area (Å²) >= 11 is 1.51. The number of fused-ring (bicyclic) bond motifs is 3. The number of rotatable bonds is 3. The van der Waals surface area contributed by atoms with E-state index in [1.807, 2.05) is 36.4 Å². The molecule has 0 saturated heterocycles. The van der Waals surface area contributed by atoms with Gasteiger partial charge in [-0.2, -0.15) is 42.0 Å². The molecule has 0 saturated carbocycles. The third kappa shape index (κ3) is 9.06. The average Bonchev–Trinajstić information content (AvgIpc) is 3.50. The van der Waals surface area contributed by atoms with Crippen LogP contribution in [0.2, 0.25) is 0 Å². The van der Waals surface area contributed by atoms with Gasteiger partial charge in [0.2, 0.25) is 0 Å². The van der Waals surface area contributed by atoms with E-state index < -0.39 is 0 Å². The van der Waals surface area contributed by atoms with E-state index in [-0.39, 0.29) is 24.8 Å². The van der Waals surface area contributed by atoms with Crippen LogP contribution in [0, 0.1) is 6.07 Å². The van der Waals surface area contributed by atoms with E-state index in [1.165, 1.54) is 66.4 Å². The number of hydrogen-bond donors (Lipinski definition) is 0. The zero-order valence-corrected chi connectivity index (χ0v) is 25.2. The molecule has 0 radical (unpaired) electrons. The summed E-state index contributed by atoms with van der Waals surface area (Å²) in [5.74, 6) is 1.16. The van der Waals surface area contributed by atoms with Crippen LogP contribution in [-0.2, 0) is 30.7 Å². The second-order valence-corrected chi connectivity index (χ2v) is 11.0. The maximum atomic E-state index is 3.62. The molecule has 3 heteroatoms. The molecule has 1 aliphatic carbocycles. The van der Waals surface area contributed by atoms with Gasteiger partial charge in [0.15, 0.2) is 0 Å². The summed E-state index contributed by atoms with van der Waals surface area (Å²) in [5, 5.41) is 0. The van der Waals surface area contributed by atoms with Gasteiger partial charge in [-0.15, -0.1) is 11.1 Å². The first-order chi connectivity index (χ1) is 15.9. The zero-order chi connectivity index (χ0) is 23.8. The Labute approximate surface area is 239 Å². The van der Waals surface area contributed by atoms with Gasteiger partial charge in [0.25, 0.3) is 0 Å². The first kappa shape index (κ1) is 31.4. The summed E-state index contributed by atoms with van der Waals surface area (Å²) in [7, 11) is 0. The summed E-state index contributed by atoms with van der Waals surface area (Å²) in [6.45, 7) is 11.1. The monoisotopic (exact) mass is 578 g/mol. The van der Waals surface area contributed by atoms with Gasteiger partial charge in [-0.3, -0.25) is 0 Å². The fourth-order valence-corrected chi connectivity index (χ4v) is 4.28. The van der Waals surface area contributed by atoms with E-state index in [2.05, 4.69) is 95.3 Å². The largest absolute Gasteiger partial charge is 1.00 e. The summed E-state index contributed by atoms with van der Waals surface area (Å²) in [4.78, 5) is 0.